The van der Waals surface area contributed by atoms with Crippen LogP contribution >= 0.6 is 0 Å². The molecule has 0 saturated carbocycles. The van der Waals surface area contributed by atoms with Gasteiger partial charge >= 0.3 is 18.1 Å². The highest BCUT2D eigenvalue weighted by molar-refractivity contribution is 6.07. The molecule has 2 heterocycles. The summed E-state index contributed by atoms with van der Waals surface area (Å²) < 4.78 is 37.6. The first kappa shape index (κ1) is 35.8. The molecule has 47 heavy (non-hydrogen) atoms. The molecule has 14 nitrogen and oxygen atoms in total. The first-order valence-electron chi connectivity index (χ1n) is 14.0. The molecule has 0 spiro atoms. The smallest absolute Gasteiger partial charge is 0.490 e. The lowest BCUT2D eigenvalue weighted by molar-refractivity contribution is -0.192. The number of nitrogens with one attached hydrogen (secondary N) is 4. The van der Waals surface area contributed by atoms with Crippen molar-refractivity contribution in [2.75, 3.05) is 37.4 Å². The number of benzene rings is 2. The van der Waals surface area contributed by atoms with Crippen LogP contribution in [-0.4, -0.2) is 87.3 Å². The minimum absolute atomic E-state index is 0.0449. The van der Waals surface area contributed by atoms with Gasteiger partial charge in [-0.2, -0.15) is 13.2 Å². The Morgan fingerprint density at radius 3 is 2.43 bits per heavy atom. The largest absolute Gasteiger partial charge is 0.494 e. The molecule has 0 saturated heterocycles. The summed E-state index contributed by atoms with van der Waals surface area (Å²) in [7, 11) is 1.89. The highest BCUT2D eigenvalue weighted by Gasteiger charge is 2.38. The van der Waals surface area contributed by atoms with Gasteiger partial charge in [-0.3, -0.25) is 14.6 Å². The zero-order valence-corrected chi connectivity index (χ0v) is 25.0. The maximum Gasteiger partial charge on any atom is 0.490 e. The number of nitrogens with zero attached hydrogens (tertiary/aromatic N) is 3. The van der Waals surface area contributed by atoms with Crippen LogP contribution in [0.3, 0.4) is 0 Å². The fourth-order valence-corrected chi connectivity index (χ4v) is 3.91. The fraction of sp³-hybridized carbons (Fsp3) is 0.267. The normalized spacial score (nSPS) is 11.1. The maximum atomic E-state index is 12.7. The fourth-order valence-electron chi connectivity index (χ4n) is 3.91. The average Bonchev–Trinajstić information content (AvgIpc) is 3.36. The van der Waals surface area contributed by atoms with Crippen LogP contribution in [0.2, 0.25) is 0 Å². The SMILES string of the molecule is CNCCCNc1ncnc2[nH]c(O)c(C=Nc3ccc(NC(=O)c4ccccc4)c(OCCCC(=O)O)c3)c12.O=C(O)C(F)(F)F. The number of aliphatic imine (C=N–C) groups is 1. The Morgan fingerprint density at radius 1 is 1.04 bits per heavy atom. The number of H-pyrrole nitrogens is 1. The van der Waals surface area contributed by atoms with Crippen LogP contribution < -0.4 is 20.7 Å². The van der Waals surface area contributed by atoms with Crippen LogP contribution in [0, 0.1) is 0 Å². The molecule has 7 N–H and O–H groups in total. The number of hydrogen-bond acceptors (Lipinski definition) is 10. The second-order valence-corrected chi connectivity index (χ2v) is 9.62. The quantitative estimate of drug-likeness (QED) is 0.0736. The number of carbonyl (C=O) groups is 3. The zero-order valence-electron chi connectivity index (χ0n) is 25.0. The van der Waals surface area contributed by atoms with Crippen molar-refractivity contribution in [1.29, 1.82) is 0 Å². The Hall–Kier alpha value is -5.71. The summed E-state index contributed by atoms with van der Waals surface area (Å²) in [6.45, 7) is 1.65. The average molecular weight is 660 g/mol. The molecule has 4 rings (SSSR count). The van der Waals surface area contributed by atoms with Gasteiger partial charge < -0.3 is 41.0 Å². The van der Waals surface area contributed by atoms with Crippen LogP contribution in [0.4, 0.5) is 30.4 Å². The van der Waals surface area contributed by atoms with E-state index in [1.807, 2.05) is 13.1 Å². The highest BCUT2D eigenvalue weighted by Crippen LogP contribution is 2.33. The van der Waals surface area contributed by atoms with E-state index in [1.54, 1.807) is 42.5 Å². The highest BCUT2D eigenvalue weighted by atomic mass is 19.4. The van der Waals surface area contributed by atoms with E-state index in [0.29, 0.717) is 58.1 Å². The molecule has 17 heteroatoms. The summed E-state index contributed by atoms with van der Waals surface area (Å²) in [5, 5.41) is 36.4. The monoisotopic (exact) mass is 659 g/mol. The third-order valence-corrected chi connectivity index (χ3v) is 6.13. The Morgan fingerprint density at radius 2 is 1.77 bits per heavy atom. The number of hydrogen-bond donors (Lipinski definition) is 7. The number of fused-ring (bicyclic) bond motifs is 1. The van der Waals surface area contributed by atoms with E-state index >= 15 is 0 Å². The molecule has 1 amide bonds. The van der Waals surface area contributed by atoms with Crippen molar-refractivity contribution in [3.05, 3.63) is 66.0 Å². The number of alkyl halides is 3. The molecule has 0 aliphatic carbocycles. The summed E-state index contributed by atoms with van der Waals surface area (Å²) in [5.74, 6) is -3.19. The number of amides is 1. The van der Waals surface area contributed by atoms with Gasteiger partial charge in [0.1, 0.15) is 23.5 Å². The van der Waals surface area contributed by atoms with E-state index in [1.165, 1.54) is 12.5 Å². The van der Waals surface area contributed by atoms with Crippen LogP contribution in [0.25, 0.3) is 11.0 Å². The van der Waals surface area contributed by atoms with Gasteiger partial charge in [0.15, 0.2) is 5.88 Å². The molecular formula is C30H32F3N7O7. The number of halogens is 3. The predicted molar refractivity (Wildman–Crippen MR) is 167 cm³/mol. The summed E-state index contributed by atoms with van der Waals surface area (Å²) in [5.41, 5.74) is 2.26. The molecule has 0 fully saturated rings. The number of ether oxygens (including phenoxy) is 1. The van der Waals surface area contributed by atoms with E-state index in [-0.39, 0.29) is 24.8 Å². The van der Waals surface area contributed by atoms with Crippen molar-refractivity contribution < 1.29 is 47.6 Å². The topological polar surface area (TPSA) is 211 Å². The molecule has 0 bridgehead atoms. The van der Waals surface area contributed by atoms with Crippen molar-refractivity contribution in [3.63, 3.8) is 0 Å². The number of aromatic amines is 1. The van der Waals surface area contributed by atoms with Crippen molar-refractivity contribution in [3.8, 4) is 11.6 Å². The summed E-state index contributed by atoms with van der Waals surface area (Å²) in [4.78, 5) is 48.4. The van der Waals surface area contributed by atoms with E-state index in [4.69, 9.17) is 19.7 Å². The van der Waals surface area contributed by atoms with Crippen molar-refractivity contribution in [1.82, 2.24) is 20.3 Å². The molecular weight excluding hydrogens is 627 g/mol. The zero-order chi connectivity index (χ0) is 34.4. The van der Waals surface area contributed by atoms with Gasteiger partial charge in [0.25, 0.3) is 5.91 Å². The minimum Gasteiger partial charge on any atom is -0.494 e. The Kier molecular flexibility index (Phi) is 13.0. The first-order valence-corrected chi connectivity index (χ1v) is 14.0. The van der Waals surface area contributed by atoms with Gasteiger partial charge in [0.05, 0.1) is 28.9 Å². The van der Waals surface area contributed by atoms with E-state index in [9.17, 15) is 27.9 Å². The number of carbonyl (C=O) groups excluding carboxylic acids is 1. The van der Waals surface area contributed by atoms with Gasteiger partial charge in [0, 0.05) is 30.8 Å². The van der Waals surface area contributed by atoms with Crippen molar-refractivity contribution in [2.24, 2.45) is 4.99 Å². The van der Waals surface area contributed by atoms with Crippen molar-refractivity contribution >= 4 is 52.3 Å². The number of aromatic hydroxyl groups is 1. The third-order valence-electron chi connectivity index (χ3n) is 6.13. The number of rotatable bonds is 14. The second kappa shape index (κ2) is 17.1. The van der Waals surface area contributed by atoms with Gasteiger partial charge in [-0.25, -0.2) is 14.8 Å². The van der Waals surface area contributed by atoms with E-state index in [2.05, 4.69) is 35.9 Å². The molecule has 250 valence electrons. The summed E-state index contributed by atoms with van der Waals surface area (Å²) in [6, 6.07) is 13.7. The van der Waals surface area contributed by atoms with Crippen LogP contribution in [0.1, 0.15) is 35.2 Å². The summed E-state index contributed by atoms with van der Waals surface area (Å²) >= 11 is 0. The molecule has 0 unspecified atom stereocenters. The predicted octanol–water partition coefficient (Wildman–Crippen LogP) is 4.56. The standard InChI is InChI=1S/C28H31N7O5.C2HF3O2/c1-29-12-6-13-30-25-24-20(28(39)35-26(24)33-17-32-25)16-31-19-10-11-21(22(15-19)40-14-5-9-23(36)37)34-27(38)18-7-3-2-4-8-18;3-2(4,5)1(6)7/h2-4,7-8,10-11,15-17,29,39H,5-6,9,12-14H2,1H3,(H,34,38)(H,36,37)(H2,30,32,33,35);(H,6,7). The Balaban J connectivity index is 0.000000771. The molecule has 2 aromatic heterocycles. The summed E-state index contributed by atoms with van der Waals surface area (Å²) in [6.07, 6.45) is -1.04. The lowest BCUT2D eigenvalue weighted by Crippen LogP contribution is -2.21. The molecule has 0 radical (unpaired) electrons. The van der Waals surface area contributed by atoms with Gasteiger partial charge in [-0.05, 0) is 50.7 Å². The molecule has 0 aliphatic rings. The second-order valence-electron chi connectivity index (χ2n) is 9.62. The molecule has 0 aliphatic heterocycles. The number of carboxylic acid groups (broad SMARTS) is 2. The molecule has 4 aromatic rings. The van der Waals surface area contributed by atoms with Gasteiger partial charge in [-0.1, -0.05) is 18.2 Å². The molecule has 2 aromatic carbocycles. The van der Waals surface area contributed by atoms with Crippen LogP contribution in [0.5, 0.6) is 11.6 Å². The number of anilines is 2. The van der Waals surface area contributed by atoms with E-state index in [0.717, 1.165) is 13.0 Å². The van der Waals surface area contributed by atoms with Crippen LogP contribution in [0.15, 0.2) is 59.9 Å². The maximum absolute atomic E-state index is 12.7. The van der Waals surface area contributed by atoms with Gasteiger partial charge in [0.2, 0.25) is 0 Å². The van der Waals surface area contributed by atoms with Crippen molar-refractivity contribution in [2.45, 2.75) is 25.4 Å². The first-order chi connectivity index (χ1) is 22.4. The minimum atomic E-state index is -5.08. The number of aromatic nitrogens is 3. The van der Waals surface area contributed by atoms with Crippen LogP contribution in [-0.2, 0) is 9.59 Å². The lowest BCUT2D eigenvalue weighted by atomic mass is 10.2. The Labute approximate surface area is 265 Å². The van der Waals surface area contributed by atoms with E-state index < -0.39 is 18.1 Å². The number of carboxylic acids is 2. The third kappa shape index (κ3) is 11.0. The Bertz CT molecular complexity index is 1700. The number of aliphatic carboxylic acids is 2. The lowest BCUT2D eigenvalue weighted by Gasteiger charge is -2.13. The molecule has 0 atom stereocenters. The van der Waals surface area contributed by atoms with Gasteiger partial charge in [-0.15, -0.1) is 0 Å².